The lowest BCUT2D eigenvalue weighted by atomic mass is 10.0. The Morgan fingerprint density at radius 1 is 1.12 bits per heavy atom. The zero-order chi connectivity index (χ0) is 23.4. The monoisotopic (exact) mass is 470 g/mol. The number of aryl methyl sites for hydroxylation is 1. The molecule has 0 saturated carbocycles. The molecule has 6 nitrogen and oxygen atoms in total. The summed E-state index contributed by atoms with van der Waals surface area (Å²) in [5.74, 6) is -0.401. The van der Waals surface area contributed by atoms with Gasteiger partial charge < -0.3 is 5.32 Å². The first kappa shape index (κ1) is 23.3. The maximum absolute atomic E-state index is 13.2. The minimum atomic E-state index is -0.359. The van der Waals surface area contributed by atoms with Crippen LogP contribution in [0.25, 0.3) is 5.69 Å². The van der Waals surface area contributed by atoms with Crippen LogP contribution in [-0.2, 0) is 17.8 Å². The molecule has 0 atom stereocenters. The van der Waals surface area contributed by atoms with Gasteiger partial charge in [-0.2, -0.15) is 0 Å². The quantitative estimate of drug-likeness (QED) is 0.548. The van der Waals surface area contributed by atoms with Crippen LogP contribution in [0.5, 0.6) is 0 Å². The standard InChI is InChI=1S/C25H28ClFN4O2/c1-17-23(25(33)31(29-17)22-8-6-20(27)7-9-22)10-11-24(32)28-21-12-14-30(15-13-21)16-18-2-4-19(26)5-3-18/h2-9,21,29H,10-16H2,1H3,(H,28,32). The summed E-state index contributed by atoms with van der Waals surface area (Å²) in [5.41, 5.74) is 2.88. The SMILES string of the molecule is Cc1[nH]n(-c2ccc(F)cc2)c(=O)c1CCC(=O)NC1CCN(Cc2ccc(Cl)cc2)CC1. The molecule has 0 bridgehead atoms. The minimum Gasteiger partial charge on any atom is -0.353 e. The van der Waals surface area contributed by atoms with Crippen LogP contribution in [0.15, 0.2) is 53.3 Å². The lowest BCUT2D eigenvalue weighted by molar-refractivity contribution is -0.122. The highest BCUT2D eigenvalue weighted by Gasteiger charge is 2.21. The summed E-state index contributed by atoms with van der Waals surface area (Å²) in [6, 6.07) is 13.8. The van der Waals surface area contributed by atoms with Crippen molar-refractivity contribution in [3.05, 3.63) is 86.5 Å². The van der Waals surface area contributed by atoms with Gasteiger partial charge in [0.2, 0.25) is 5.91 Å². The van der Waals surface area contributed by atoms with Crippen molar-refractivity contribution in [1.29, 1.82) is 0 Å². The van der Waals surface area contributed by atoms with E-state index in [4.69, 9.17) is 11.6 Å². The molecule has 8 heteroatoms. The average molecular weight is 471 g/mol. The first-order valence-electron chi connectivity index (χ1n) is 11.2. The van der Waals surface area contributed by atoms with E-state index in [-0.39, 0.29) is 29.7 Å². The number of likely N-dealkylation sites (tertiary alicyclic amines) is 1. The highest BCUT2D eigenvalue weighted by molar-refractivity contribution is 6.30. The van der Waals surface area contributed by atoms with Crippen molar-refractivity contribution in [3.63, 3.8) is 0 Å². The number of amides is 1. The zero-order valence-corrected chi connectivity index (χ0v) is 19.4. The van der Waals surface area contributed by atoms with Crippen molar-refractivity contribution in [2.24, 2.45) is 0 Å². The summed E-state index contributed by atoms with van der Waals surface area (Å²) in [7, 11) is 0. The van der Waals surface area contributed by atoms with E-state index < -0.39 is 0 Å². The van der Waals surface area contributed by atoms with Gasteiger partial charge in [0.15, 0.2) is 0 Å². The third kappa shape index (κ3) is 5.92. The first-order chi connectivity index (χ1) is 15.9. The maximum Gasteiger partial charge on any atom is 0.274 e. The van der Waals surface area contributed by atoms with Crippen LogP contribution in [0.1, 0.15) is 36.1 Å². The third-order valence-corrected chi connectivity index (χ3v) is 6.40. The Hall–Kier alpha value is -2.90. The van der Waals surface area contributed by atoms with Gasteiger partial charge in [-0.3, -0.25) is 19.6 Å². The van der Waals surface area contributed by atoms with Crippen molar-refractivity contribution in [3.8, 4) is 5.69 Å². The van der Waals surface area contributed by atoms with Crippen LogP contribution < -0.4 is 10.9 Å². The number of aromatic nitrogens is 2. The molecule has 0 radical (unpaired) electrons. The number of nitrogens with one attached hydrogen (secondary N) is 2. The van der Waals surface area contributed by atoms with Crippen molar-refractivity contribution in [1.82, 2.24) is 20.0 Å². The molecular weight excluding hydrogens is 443 g/mol. The lowest BCUT2D eigenvalue weighted by Gasteiger charge is -2.32. The average Bonchev–Trinajstić information content (AvgIpc) is 3.09. The van der Waals surface area contributed by atoms with Crippen LogP contribution in [-0.4, -0.2) is 39.7 Å². The number of carbonyl (C=O) groups excluding carboxylic acids is 1. The molecule has 33 heavy (non-hydrogen) atoms. The van der Waals surface area contributed by atoms with E-state index in [1.165, 1.54) is 22.4 Å². The van der Waals surface area contributed by atoms with E-state index in [0.717, 1.165) is 37.5 Å². The Bertz CT molecular complexity index is 1150. The van der Waals surface area contributed by atoms with Gasteiger partial charge in [-0.15, -0.1) is 0 Å². The number of hydrogen-bond donors (Lipinski definition) is 2. The van der Waals surface area contributed by atoms with E-state index in [9.17, 15) is 14.0 Å². The van der Waals surface area contributed by atoms with Crippen LogP contribution in [0.3, 0.4) is 0 Å². The molecule has 1 saturated heterocycles. The molecule has 1 fully saturated rings. The Balaban J connectivity index is 1.26. The summed E-state index contributed by atoms with van der Waals surface area (Å²) >= 11 is 5.95. The molecule has 4 rings (SSSR count). The molecule has 2 N–H and O–H groups in total. The molecule has 0 aliphatic carbocycles. The van der Waals surface area contributed by atoms with Gasteiger partial charge in [0.25, 0.3) is 5.56 Å². The molecule has 1 amide bonds. The zero-order valence-electron chi connectivity index (χ0n) is 18.6. The van der Waals surface area contributed by atoms with Gasteiger partial charge >= 0.3 is 0 Å². The van der Waals surface area contributed by atoms with E-state index in [0.29, 0.717) is 23.4 Å². The smallest absolute Gasteiger partial charge is 0.274 e. The van der Waals surface area contributed by atoms with Gasteiger partial charge in [-0.25, -0.2) is 9.07 Å². The fourth-order valence-electron chi connectivity index (χ4n) is 4.27. The number of benzene rings is 2. The molecule has 1 aliphatic rings. The summed E-state index contributed by atoms with van der Waals surface area (Å²) < 4.78 is 14.6. The lowest BCUT2D eigenvalue weighted by Crippen LogP contribution is -2.44. The highest BCUT2D eigenvalue weighted by Crippen LogP contribution is 2.16. The molecule has 174 valence electrons. The molecular formula is C25H28ClFN4O2. The number of hydrogen-bond acceptors (Lipinski definition) is 3. The van der Waals surface area contributed by atoms with E-state index in [1.54, 1.807) is 12.1 Å². The third-order valence-electron chi connectivity index (χ3n) is 6.15. The largest absolute Gasteiger partial charge is 0.353 e. The molecule has 0 spiro atoms. The number of nitrogens with zero attached hydrogens (tertiary/aromatic N) is 2. The Morgan fingerprint density at radius 2 is 1.79 bits per heavy atom. The highest BCUT2D eigenvalue weighted by atomic mass is 35.5. The van der Waals surface area contributed by atoms with Crippen LogP contribution >= 0.6 is 11.6 Å². The van der Waals surface area contributed by atoms with Crippen LogP contribution in [0, 0.1) is 12.7 Å². The Labute approximate surface area is 197 Å². The maximum atomic E-state index is 13.2. The second-order valence-corrected chi connectivity index (χ2v) is 9.01. The molecule has 3 aromatic rings. The summed E-state index contributed by atoms with van der Waals surface area (Å²) in [6.45, 7) is 4.54. The minimum absolute atomic E-state index is 0.0421. The van der Waals surface area contributed by atoms with Crippen molar-refractivity contribution in [2.75, 3.05) is 13.1 Å². The molecule has 2 heterocycles. The molecule has 2 aromatic carbocycles. The number of carbonyl (C=O) groups is 1. The van der Waals surface area contributed by atoms with E-state index >= 15 is 0 Å². The van der Waals surface area contributed by atoms with Gasteiger partial charge in [0.05, 0.1) is 5.69 Å². The second kappa shape index (κ2) is 10.4. The fourth-order valence-corrected chi connectivity index (χ4v) is 4.40. The number of piperidine rings is 1. The Morgan fingerprint density at radius 3 is 2.45 bits per heavy atom. The Kier molecular flexibility index (Phi) is 7.30. The topological polar surface area (TPSA) is 70.1 Å². The van der Waals surface area contributed by atoms with Gasteiger partial charge in [-0.05, 0) is 68.1 Å². The van der Waals surface area contributed by atoms with Gasteiger partial charge in [0, 0.05) is 48.4 Å². The molecule has 0 unspecified atom stereocenters. The van der Waals surface area contributed by atoms with Crippen LogP contribution in [0.4, 0.5) is 4.39 Å². The van der Waals surface area contributed by atoms with Gasteiger partial charge in [-0.1, -0.05) is 23.7 Å². The first-order valence-corrected chi connectivity index (χ1v) is 11.6. The second-order valence-electron chi connectivity index (χ2n) is 8.58. The summed E-state index contributed by atoms with van der Waals surface area (Å²) in [4.78, 5) is 27.7. The van der Waals surface area contributed by atoms with E-state index in [2.05, 4.69) is 15.3 Å². The molecule has 1 aromatic heterocycles. The number of halogens is 2. The fraction of sp³-hybridized carbons (Fsp3) is 0.360. The van der Waals surface area contributed by atoms with Crippen molar-refractivity contribution in [2.45, 2.75) is 45.2 Å². The summed E-state index contributed by atoms with van der Waals surface area (Å²) in [5, 5.41) is 6.88. The predicted molar refractivity (Wildman–Crippen MR) is 127 cm³/mol. The van der Waals surface area contributed by atoms with E-state index in [1.807, 2.05) is 31.2 Å². The van der Waals surface area contributed by atoms with Crippen molar-refractivity contribution < 1.29 is 9.18 Å². The normalized spacial score (nSPS) is 15.0. The van der Waals surface area contributed by atoms with Gasteiger partial charge in [0.1, 0.15) is 5.82 Å². The van der Waals surface area contributed by atoms with Crippen molar-refractivity contribution >= 4 is 17.5 Å². The van der Waals surface area contributed by atoms with Crippen LogP contribution in [0.2, 0.25) is 5.02 Å². The number of H-pyrrole nitrogens is 1. The predicted octanol–water partition coefficient (Wildman–Crippen LogP) is 3.98. The number of rotatable bonds is 7. The summed E-state index contributed by atoms with van der Waals surface area (Å²) in [6.07, 6.45) is 2.42. The molecule has 1 aliphatic heterocycles. The number of aromatic amines is 1.